The Morgan fingerprint density at radius 3 is 1.46 bits per heavy atom. The van der Waals surface area contributed by atoms with E-state index in [1.165, 1.54) is 54.7 Å². The van der Waals surface area contributed by atoms with Gasteiger partial charge in [0.1, 0.15) is 84.3 Å². The first-order chi connectivity index (χ1) is 58.5. The predicted octanol–water partition coefficient (Wildman–Crippen LogP) is -6.45. The zero-order valence-electron chi connectivity index (χ0n) is 69.7. The molecule has 47 heteroatoms. The highest BCUT2D eigenvalue weighted by molar-refractivity contribution is 7.98. The van der Waals surface area contributed by atoms with Crippen molar-refractivity contribution in [2.45, 2.75) is 228 Å². The van der Waals surface area contributed by atoms with Gasteiger partial charge in [0.05, 0.1) is 38.0 Å². The lowest BCUT2D eigenvalue weighted by molar-refractivity contribution is -0.143. The average molecular weight is 1790 g/mol. The van der Waals surface area contributed by atoms with Gasteiger partial charge in [-0.2, -0.15) is 23.5 Å². The molecule has 45 nitrogen and oxygen atoms in total. The maximum atomic E-state index is 14.7. The minimum atomic E-state index is -2.13. The molecule has 3 rings (SSSR count). The van der Waals surface area contributed by atoms with E-state index in [2.05, 4.69) is 74.4 Å². The van der Waals surface area contributed by atoms with Gasteiger partial charge in [0.15, 0.2) is 5.96 Å². The van der Waals surface area contributed by atoms with Gasteiger partial charge in [-0.15, -0.1) is 0 Å². The molecular formula is C77H118N20O25S2. The molecule has 0 radical (unpaired) electrons. The summed E-state index contributed by atoms with van der Waals surface area (Å²) in [5.41, 5.74) is 23.2. The molecule has 1 fully saturated rings. The fraction of sp³-hybridized carbons (Fsp3) is 0.584. The monoisotopic (exact) mass is 1790 g/mol. The summed E-state index contributed by atoms with van der Waals surface area (Å²) in [6.45, 7) is 5.22. The number of aliphatic carboxylic acids is 4. The summed E-state index contributed by atoms with van der Waals surface area (Å²) in [5.74, 6) is -23.0. The van der Waals surface area contributed by atoms with E-state index in [9.17, 15) is 117 Å². The predicted molar refractivity (Wildman–Crippen MR) is 449 cm³/mol. The maximum Gasteiger partial charge on any atom is 0.326 e. The number of phenolic OH excluding ortho intramolecular Hbond substituents is 1. The van der Waals surface area contributed by atoms with Crippen LogP contribution in [-0.4, -0.2) is 295 Å². The molecule has 0 bridgehead atoms. The Morgan fingerprint density at radius 2 is 0.944 bits per heavy atom. The quantitative estimate of drug-likeness (QED) is 0.0166. The molecule has 1 aliphatic heterocycles. The fourth-order valence-corrected chi connectivity index (χ4v) is 13.4. The number of hydrogen-bond acceptors (Lipinski definition) is 26. The summed E-state index contributed by atoms with van der Waals surface area (Å²) < 4.78 is 0. The van der Waals surface area contributed by atoms with E-state index >= 15 is 0 Å². The molecule has 0 spiro atoms. The summed E-state index contributed by atoms with van der Waals surface area (Å²) in [6, 6.07) is -9.85. The van der Waals surface area contributed by atoms with Crippen molar-refractivity contribution in [2.75, 3.05) is 50.2 Å². The van der Waals surface area contributed by atoms with Crippen LogP contribution in [0.2, 0.25) is 0 Å². The van der Waals surface area contributed by atoms with E-state index in [0.717, 1.165) is 11.8 Å². The Bertz CT molecular complexity index is 4020. The van der Waals surface area contributed by atoms with E-state index in [-0.39, 0.29) is 100 Å². The SMILES string of the molecule is CC[C@H](C)[C@H](NC(=O)[C@H](CCCCN)NC(=O)[C@H](CCSC)NC(=O)[C@@H](NC(=O)[C@H](C)NC(=O)[C@H](CCCNC(=N)N)NC(=O)[C@@H]1CCCN1C(=O)CNC(=O)[C@@H](N)CC(=O)O)[C@@H](C)O)C(=O)N[C@@H](CCSC)C(=O)N[C@@H](CC(N)=O)C(=O)N[C@@H](Cc1ccc(O)cc1)C(=O)N[C@@H](CC(=O)O)C(=O)N[C@@H](CCC(=O)O)C(=O)N[C@@H](Cc1ccccc1)C(=O)O. The van der Waals surface area contributed by atoms with Crippen molar-refractivity contribution in [1.29, 1.82) is 5.41 Å². The van der Waals surface area contributed by atoms with Crippen LogP contribution in [0.25, 0.3) is 0 Å². The number of likely N-dealkylation sites (tertiary alicyclic amines) is 1. The maximum absolute atomic E-state index is 14.7. The number of thioether (sulfide) groups is 2. The van der Waals surface area contributed by atoms with E-state index in [1.807, 2.05) is 0 Å². The molecule has 15 amide bonds. The van der Waals surface area contributed by atoms with Gasteiger partial charge in [-0.05, 0) is 138 Å². The minimum absolute atomic E-state index is 0.0481. The molecule has 0 unspecified atom stereocenters. The number of aromatic hydroxyl groups is 1. The van der Waals surface area contributed by atoms with Gasteiger partial charge in [-0.25, -0.2) is 4.79 Å². The number of nitrogens with zero attached hydrogens (tertiary/aromatic N) is 1. The smallest absolute Gasteiger partial charge is 0.326 e. The summed E-state index contributed by atoms with van der Waals surface area (Å²) in [7, 11) is 0. The number of rotatable bonds is 58. The average Bonchev–Trinajstić information content (AvgIpc) is 1.69. The number of phenols is 1. The molecular weight excluding hydrogens is 1670 g/mol. The van der Waals surface area contributed by atoms with E-state index in [1.54, 1.807) is 56.7 Å². The highest BCUT2D eigenvalue weighted by atomic mass is 32.2. The van der Waals surface area contributed by atoms with Crippen LogP contribution in [0.4, 0.5) is 0 Å². The fourth-order valence-electron chi connectivity index (χ4n) is 12.5. The number of guanidine groups is 1. The second-order valence-electron chi connectivity index (χ2n) is 29.5. The van der Waals surface area contributed by atoms with Gasteiger partial charge in [-0.1, -0.05) is 62.7 Å². The van der Waals surface area contributed by atoms with Gasteiger partial charge in [0.2, 0.25) is 88.6 Å². The number of carbonyl (C=O) groups excluding carboxylic acids is 15. The van der Waals surface area contributed by atoms with Gasteiger partial charge < -0.3 is 133 Å². The van der Waals surface area contributed by atoms with Crippen LogP contribution in [0.5, 0.6) is 5.75 Å². The van der Waals surface area contributed by atoms with Crippen LogP contribution in [0.3, 0.4) is 0 Å². The lowest BCUT2D eigenvalue weighted by atomic mass is 9.96. The van der Waals surface area contributed by atoms with Crippen molar-refractivity contribution in [3.8, 4) is 5.75 Å². The zero-order valence-corrected chi connectivity index (χ0v) is 71.3. The standard InChI is InChI=1S/C77H118N20O25S2/c1-7-39(2)61(74(119)89-50(27-32-124-6)68(113)92-52(36-56(80)100)71(116)91-51(33-43-20-22-44(99)23-21-43)70(115)93-53(37-60(106)107)72(117)87-48(24-25-58(102)103)66(111)94-54(76(121)122)34-42-15-9-8-10-16-42)95-69(114)46(17-11-12-28-78)86-67(112)49(26-31-123-5)90-75(120)62(41(4)98)96-63(108)40(3)85-65(110)47(18-13-29-83-77(81)82)88-73(118)55-19-14-30-97(55)57(101)38-84-64(109)45(79)35-59(104)105/h8-10,15-16,20-23,39-41,45-55,61-62,98-99H,7,11-14,17-19,24-38,78-79H2,1-6H3,(H2,80,100)(H,84,109)(H,85,110)(H,86,112)(H,87,117)(H,88,118)(H,89,119)(H,90,120)(H,91,116)(H,92,113)(H,93,115)(H,94,111)(H,95,114)(H,96,108)(H,102,103)(H,104,105)(H,106,107)(H,121,122)(H4,81,82,83)/t39-,40-,41+,45-,46-,47-,48-,49-,50-,51-,52-,53-,54-,55-,61-,62-/m0/s1. The molecule has 0 aliphatic carbocycles. The summed E-state index contributed by atoms with van der Waals surface area (Å²) in [6.07, 6.45) is -2.74. The van der Waals surface area contributed by atoms with Crippen molar-refractivity contribution >= 4 is 142 Å². The largest absolute Gasteiger partial charge is 0.508 e. The number of nitrogens with one attached hydrogen (secondary N) is 15. The number of primary amides is 1. The Balaban J connectivity index is 1.91. The highest BCUT2D eigenvalue weighted by Gasteiger charge is 2.41. The molecule has 2 aromatic rings. The third-order valence-corrected chi connectivity index (χ3v) is 20.8. The van der Waals surface area contributed by atoms with Gasteiger partial charge in [0.25, 0.3) is 0 Å². The lowest BCUT2D eigenvalue weighted by Crippen LogP contribution is -2.62. The Morgan fingerprint density at radius 1 is 0.492 bits per heavy atom. The number of benzene rings is 2. The second kappa shape index (κ2) is 55.2. The first kappa shape index (κ1) is 106. The van der Waals surface area contributed by atoms with Gasteiger partial charge in [0, 0.05) is 32.4 Å². The second-order valence-corrected chi connectivity index (χ2v) is 31.4. The van der Waals surface area contributed by atoms with Crippen LogP contribution in [0.1, 0.15) is 135 Å². The molecule has 1 heterocycles. The van der Waals surface area contributed by atoms with Crippen LogP contribution < -0.4 is 97.4 Å². The Labute approximate surface area is 723 Å². The zero-order chi connectivity index (χ0) is 93.0. The molecule has 124 heavy (non-hydrogen) atoms. The molecule has 0 aromatic heterocycles. The Kier molecular flexibility index (Phi) is 47.3. The number of hydrogen-bond donors (Lipinski definition) is 25. The summed E-state index contributed by atoms with van der Waals surface area (Å²) >= 11 is 2.47. The molecule has 16 atom stereocenters. The number of unbranched alkanes of at least 4 members (excludes halogenated alkanes) is 1. The number of carboxylic acid groups (broad SMARTS) is 4. The van der Waals surface area contributed by atoms with Crippen LogP contribution >= 0.6 is 23.5 Å². The first-order valence-electron chi connectivity index (χ1n) is 39.9. The third-order valence-electron chi connectivity index (χ3n) is 19.6. The van der Waals surface area contributed by atoms with E-state index < -0.39 is 260 Å². The van der Waals surface area contributed by atoms with Crippen LogP contribution in [-0.2, 0) is 104 Å². The number of aliphatic hydroxyl groups is 1. The first-order valence-corrected chi connectivity index (χ1v) is 42.7. The highest BCUT2D eigenvalue weighted by Crippen LogP contribution is 2.20. The number of aliphatic hydroxyl groups excluding tert-OH is 1. The number of nitrogens with two attached hydrogens (primary N) is 4. The Hall–Kier alpha value is -12.0. The van der Waals surface area contributed by atoms with Crippen LogP contribution in [0.15, 0.2) is 54.6 Å². The minimum Gasteiger partial charge on any atom is -0.508 e. The molecule has 1 saturated heterocycles. The molecule has 2 aromatic carbocycles. The van der Waals surface area contributed by atoms with E-state index in [0.29, 0.717) is 18.4 Å². The lowest BCUT2D eigenvalue weighted by Gasteiger charge is -2.30. The third kappa shape index (κ3) is 38.6. The summed E-state index contributed by atoms with van der Waals surface area (Å²) in [4.78, 5) is 258. The van der Waals surface area contributed by atoms with Gasteiger partial charge in [-0.3, -0.25) is 91.7 Å². The molecule has 0 saturated carbocycles. The van der Waals surface area contributed by atoms with E-state index in [4.69, 9.17) is 33.5 Å². The number of carboxylic acids is 4. The van der Waals surface area contributed by atoms with Crippen molar-refractivity contribution < 1.29 is 122 Å². The summed E-state index contributed by atoms with van der Waals surface area (Å²) in [5, 5.41) is 101. The number of amides is 15. The number of carbonyl (C=O) groups is 19. The topological polar surface area (TPSA) is 745 Å². The van der Waals surface area contributed by atoms with Crippen molar-refractivity contribution in [3.63, 3.8) is 0 Å². The molecule has 1 aliphatic rings. The van der Waals surface area contributed by atoms with Crippen molar-refractivity contribution in [2.24, 2.45) is 28.9 Å². The van der Waals surface area contributed by atoms with Crippen LogP contribution in [0, 0.1) is 11.3 Å². The van der Waals surface area contributed by atoms with Crippen molar-refractivity contribution in [1.82, 2.24) is 79.3 Å². The molecule has 29 N–H and O–H groups in total. The van der Waals surface area contributed by atoms with Crippen molar-refractivity contribution in [3.05, 3.63) is 65.7 Å². The molecule has 688 valence electrons. The van der Waals surface area contributed by atoms with Gasteiger partial charge >= 0.3 is 23.9 Å². The normalized spacial score (nSPS) is 15.9.